The molecule has 8 heteroatoms. The maximum atomic E-state index is 12.0. The molecule has 108 valence electrons. The highest BCUT2D eigenvalue weighted by atomic mass is 32.2. The van der Waals surface area contributed by atoms with Gasteiger partial charge in [-0.15, -0.1) is 0 Å². The highest BCUT2D eigenvalue weighted by molar-refractivity contribution is 7.90. The van der Waals surface area contributed by atoms with Crippen molar-refractivity contribution >= 4 is 15.9 Å². The molecule has 0 rings (SSSR count). The lowest BCUT2D eigenvalue weighted by Gasteiger charge is -2.25. The lowest BCUT2D eigenvalue weighted by molar-refractivity contribution is -0.122. The fourth-order valence-electron chi connectivity index (χ4n) is 1.86. The molecule has 0 heterocycles. The maximum absolute atomic E-state index is 12.0. The summed E-state index contributed by atoms with van der Waals surface area (Å²) in [5.41, 5.74) is -6.02. The van der Waals surface area contributed by atoms with E-state index in [2.05, 4.69) is 0 Å². The van der Waals surface area contributed by atoms with Gasteiger partial charge in [0.15, 0.2) is 0 Å². The molecule has 0 saturated heterocycles. The lowest BCUT2D eigenvalue weighted by atomic mass is 9.81. The Hall–Kier alpha value is -0.790. The third kappa shape index (κ3) is 5.70. The third-order valence-corrected chi connectivity index (χ3v) is 3.26. The van der Waals surface area contributed by atoms with Gasteiger partial charge in [-0.3, -0.25) is 4.79 Å². The van der Waals surface area contributed by atoms with Crippen molar-refractivity contribution in [3.8, 4) is 0 Å². The van der Waals surface area contributed by atoms with Crippen LogP contribution in [0.4, 0.5) is 13.2 Å². The van der Waals surface area contributed by atoms with Gasteiger partial charge >= 0.3 is 15.5 Å². The van der Waals surface area contributed by atoms with Gasteiger partial charge in [0.2, 0.25) is 5.91 Å². The van der Waals surface area contributed by atoms with Crippen molar-refractivity contribution in [1.82, 2.24) is 4.72 Å². The molecule has 4 nitrogen and oxygen atoms in total. The monoisotopic (exact) mass is 289 g/mol. The summed E-state index contributed by atoms with van der Waals surface area (Å²) in [5, 5.41) is 0. The Morgan fingerprint density at radius 3 is 2.00 bits per heavy atom. The minimum absolute atomic E-state index is 0.257. The molecule has 0 aromatic heterocycles. The van der Waals surface area contributed by atoms with E-state index >= 15 is 0 Å². The van der Waals surface area contributed by atoms with Crippen molar-refractivity contribution in [3.63, 3.8) is 0 Å². The zero-order chi connectivity index (χ0) is 14.8. The zero-order valence-electron chi connectivity index (χ0n) is 10.8. The molecule has 0 aromatic rings. The number of sulfonamides is 1. The number of rotatable bonds is 5. The Morgan fingerprint density at radius 2 is 1.67 bits per heavy atom. The Morgan fingerprint density at radius 1 is 1.22 bits per heavy atom. The largest absolute Gasteiger partial charge is 0.516 e. The van der Waals surface area contributed by atoms with E-state index in [-0.39, 0.29) is 12.3 Å². The maximum Gasteiger partial charge on any atom is 0.516 e. The normalized spacial score (nSPS) is 13.8. The quantitative estimate of drug-likeness (QED) is 0.845. The summed E-state index contributed by atoms with van der Waals surface area (Å²) in [6.07, 6.45) is 0.326. The van der Waals surface area contributed by atoms with E-state index < -0.39 is 26.9 Å². The Balaban J connectivity index is 4.64. The fourth-order valence-corrected chi connectivity index (χ4v) is 2.34. The first-order chi connectivity index (χ1) is 7.77. The summed E-state index contributed by atoms with van der Waals surface area (Å²) in [6, 6.07) is 0. The van der Waals surface area contributed by atoms with Crippen LogP contribution in [-0.2, 0) is 14.8 Å². The molecule has 1 N–H and O–H groups in total. The van der Waals surface area contributed by atoms with E-state index in [0.29, 0.717) is 6.42 Å². The molecule has 0 saturated carbocycles. The molecular weight excluding hydrogens is 271 g/mol. The summed E-state index contributed by atoms with van der Waals surface area (Å²) in [7, 11) is -5.60. The van der Waals surface area contributed by atoms with Gasteiger partial charge in [0.05, 0.1) is 0 Å². The highest BCUT2D eigenvalue weighted by Crippen LogP contribution is 2.29. The average molecular weight is 289 g/mol. The number of carbonyl (C=O) groups is 1. The van der Waals surface area contributed by atoms with Crippen LogP contribution in [0.1, 0.15) is 40.5 Å². The van der Waals surface area contributed by atoms with Crippen molar-refractivity contribution in [2.45, 2.75) is 46.0 Å². The molecule has 0 aliphatic heterocycles. The number of carbonyl (C=O) groups excluding carboxylic acids is 1. The summed E-state index contributed by atoms with van der Waals surface area (Å²) in [6.45, 7) is 7.22. The molecule has 0 unspecified atom stereocenters. The Bertz CT molecular complexity index is 399. The number of hydrogen-bond acceptors (Lipinski definition) is 3. The fraction of sp³-hybridized carbons (Fsp3) is 0.900. The first kappa shape index (κ1) is 17.2. The van der Waals surface area contributed by atoms with Gasteiger partial charge in [-0.2, -0.15) is 21.6 Å². The van der Waals surface area contributed by atoms with Crippen LogP contribution in [-0.4, -0.2) is 19.8 Å². The Kier molecular flexibility index (Phi) is 5.22. The van der Waals surface area contributed by atoms with Crippen molar-refractivity contribution in [2.24, 2.45) is 11.3 Å². The zero-order valence-corrected chi connectivity index (χ0v) is 11.6. The smallest absolute Gasteiger partial charge is 0.274 e. The molecule has 0 fully saturated rings. The lowest BCUT2D eigenvalue weighted by Crippen LogP contribution is -2.41. The molecular formula is C10H18F3NO3S. The van der Waals surface area contributed by atoms with Crippen LogP contribution in [0, 0.1) is 11.3 Å². The van der Waals surface area contributed by atoms with Crippen molar-refractivity contribution in [3.05, 3.63) is 0 Å². The number of nitrogens with one attached hydrogen (secondary N) is 1. The second-order valence-electron chi connectivity index (χ2n) is 5.41. The summed E-state index contributed by atoms with van der Waals surface area (Å²) in [4.78, 5) is 11.3. The molecule has 0 atom stereocenters. The van der Waals surface area contributed by atoms with Crippen LogP contribution in [0.2, 0.25) is 0 Å². The van der Waals surface area contributed by atoms with Crippen molar-refractivity contribution < 1.29 is 26.4 Å². The molecule has 18 heavy (non-hydrogen) atoms. The highest BCUT2D eigenvalue weighted by Gasteiger charge is 2.47. The summed E-state index contributed by atoms with van der Waals surface area (Å²) in [5.74, 6) is -0.884. The number of amides is 1. The number of hydrogen-bond donors (Lipinski definition) is 1. The van der Waals surface area contributed by atoms with Crippen LogP contribution in [0.5, 0.6) is 0 Å². The van der Waals surface area contributed by atoms with Crippen LogP contribution in [0.15, 0.2) is 0 Å². The minimum Gasteiger partial charge on any atom is -0.274 e. The van der Waals surface area contributed by atoms with E-state index in [1.54, 1.807) is 13.8 Å². The van der Waals surface area contributed by atoms with E-state index in [1.165, 1.54) is 0 Å². The van der Waals surface area contributed by atoms with Crippen LogP contribution < -0.4 is 4.72 Å². The van der Waals surface area contributed by atoms with Gasteiger partial charge in [0.1, 0.15) is 0 Å². The van der Waals surface area contributed by atoms with Gasteiger partial charge in [-0.05, 0) is 17.8 Å². The SMILES string of the molecule is CC(C)CC(C)(C)CC(=O)NS(=O)(=O)C(F)(F)F. The van der Waals surface area contributed by atoms with Gasteiger partial charge in [-0.1, -0.05) is 27.7 Å². The third-order valence-electron chi connectivity index (χ3n) is 2.15. The van der Waals surface area contributed by atoms with Gasteiger partial charge in [0.25, 0.3) is 0 Å². The van der Waals surface area contributed by atoms with Crippen LogP contribution in [0.25, 0.3) is 0 Å². The first-order valence-electron chi connectivity index (χ1n) is 5.39. The molecule has 0 aliphatic carbocycles. The standard InChI is InChI=1S/C10H18F3NO3S/c1-7(2)5-9(3,4)6-8(15)14-18(16,17)10(11,12)13/h7H,5-6H2,1-4H3,(H,14,15). The number of alkyl halides is 3. The molecule has 1 amide bonds. The summed E-state index contributed by atoms with van der Waals surface area (Å²) < 4.78 is 58.6. The first-order valence-corrected chi connectivity index (χ1v) is 6.87. The van der Waals surface area contributed by atoms with Gasteiger partial charge in [-0.25, -0.2) is 4.72 Å². The average Bonchev–Trinajstić information content (AvgIpc) is 1.94. The van der Waals surface area contributed by atoms with E-state index in [4.69, 9.17) is 0 Å². The molecule has 0 radical (unpaired) electrons. The molecule has 0 bridgehead atoms. The second-order valence-corrected chi connectivity index (χ2v) is 7.09. The number of halogens is 3. The van der Waals surface area contributed by atoms with E-state index in [0.717, 1.165) is 4.72 Å². The topological polar surface area (TPSA) is 63.2 Å². The molecule has 0 spiro atoms. The van der Waals surface area contributed by atoms with Crippen molar-refractivity contribution in [1.29, 1.82) is 0 Å². The minimum atomic E-state index is -5.60. The molecule has 0 aliphatic rings. The van der Waals surface area contributed by atoms with E-state index in [1.807, 2.05) is 13.8 Å². The summed E-state index contributed by atoms with van der Waals surface area (Å²) >= 11 is 0. The van der Waals surface area contributed by atoms with Gasteiger partial charge in [0, 0.05) is 6.42 Å². The molecule has 0 aromatic carbocycles. The van der Waals surface area contributed by atoms with Crippen molar-refractivity contribution in [2.75, 3.05) is 0 Å². The predicted octanol–water partition coefficient (Wildman–Crippen LogP) is 2.41. The van der Waals surface area contributed by atoms with Crippen LogP contribution in [0.3, 0.4) is 0 Å². The van der Waals surface area contributed by atoms with E-state index in [9.17, 15) is 26.4 Å². The predicted molar refractivity (Wildman–Crippen MR) is 61.0 cm³/mol. The second kappa shape index (κ2) is 5.46. The van der Waals surface area contributed by atoms with Gasteiger partial charge < -0.3 is 0 Å². The Labute approximate surface area is 105 Å². The van der Waals surface area contributed by atoms with Crippen LogP contribution >= 0.6 is 0 Å².